The molecule has 0 aliphatic heterocycles. The van der Waals surface area contributed by atoms with Gasteiger partial charge < -0.3 is 5.32 Å². The van der Waals surface area contributed by atoms with Gasteiger partial charge in [-0.1, -0.05) is 0 Å². The smallest absolute Gasteiger partial charge is 0.275 e. The number of hydrogen-bond acceptors (Lipinski definition) is 4. The molecule has 0 saturated heterocycles. The number of carbonyl (C=O) groups is 1. The predicted octanol–water partition coefficient (Wildman–Crippen LogP) is 2.41. The molecule has 0 atom stereocenters. The van der Waals surface area contributed by atoms with Gasteiger partial charge in [-0.2, -0.15) is 5.10 Å². The molecule has 1 aromatic carbocycles. The van der Waals surface area contributed by atoms with Gasteiger partial charge in [0.1, 0.15) is 5.69 Å². The van der Waals surface area contributed by atoms with Gasteiger partial charge >= 0.3 is 0 Å². The van der Waals surface area contributed by atoms with Crippen molar-refractivity contribution in [3.05, 3.63) is 48.2 Å². The first-order chi connectivity index (χ1) is 10.2. The molecular weight excluding hydrogens is 266 g/mol. The largest absolute Gasteiger partial charge is 0.321 e. The van der Waals surface area contributed by atoms with Crippen LogP contribution >= 0.6 is 0 Å². The quantitative estimate of drug-likeness (QED) is 0.800. The van der Waals surface area contributed by atoms with E-state index in [0.717, 1.165) is 23.1 Å². The summed E-state index contributed by atoms with van der Waals surface area (Å²) >= 11 is 0. The molecule has 0 bridgehead atoms. The van der Waals surface area contributed by atoms with Gasteiger partial charge in [-0.3, -0.25) is 14.5 Å². The van der Waals surface area contributed by atoms with Crippen LogP contribution in [0.5, 0.6) is 0 Å². The number of benzene rings is 1. The van der Waals surface area contributed by atoms with Crippen LogP contribution in [0.3, 0.4) is 0 Å². The average molecular weight is 281 g/mol. The normalized spacial score (nSPS) is 10.8. The molecule has 0 unspecified atom stereocenters. The number of nitrogens with one attached hydrogen (secondary N) is 1. The number of nitrogens with zero attached hydrogens (tertiary/aromatic N) is 4. The molecule has 3 rings (SSSR count). The summed E-state index contributed by atoms with van der Waals surface area (Å²) in [6.07, 6.45) is 4.86. The van der Waals surface area contributed by atoms with Crippen molar-refractivity contribution < 1.29 is 4.79 Å². The minimum absolute atomic E-state index is 0.274. The van der Waals surface area contributed by atoms with Gasteiger partial charge in [0.25, 0.3) is 5.91 Å². The van der Waals surface area contributed by atoms with Crippen LogP contribution in [0, 0.1) is 6.92 Å². The molecule has 21 heavy (non-hydrogen) atoms. The average Bonchev–Trinajstić information content (AvgIpc) is 2.90. The number of carbonyl (C=O) groups excluding carboxylic acids is 1. The second kappa shape index (κ2) is 5.32. The fourth-order valence-corrected chi connectivity index (χ4v) is 2.11. The van der Waals surface area contributed by atoms with E-state index in [1.165, 1.54) is 6.20 Å². The highest BCUT2D eigenvalue weighted by Crippen LogP contribution is 2.19. The van der Waals surface area contributed by atoms with E-state index >= 15 is 0 Å². The van der Waals surface area contributed by atoms with Crippen molar-refractivity contribution in [1.29, 1.82) is 0 Å². The molecule has 0 spiro atoms. The van der Waals surface area contributed by atoms with Crippen molar-refractivity contribution >= 4 is 22.5 Å². The second-order valence-corrected chi connectivity index (χ2v) is 4.73. The highest BCUT2D eigenvalue weighted by Gasteiger charge is 2.09. The zero-order chi connectivity index (χ0) is 14.8. The molecule has 6 heteroatoms. The van der Waals surface area contributed by atoms with Crippen LogP contribution in [-0.2, 0) is 6.54 Å². The first-order valence-corrected chi connectivity index (χ1v) is 6.73. The van der Waals surface area contributed by atoms with Crippen molar-refractivity contribution in [2.24, 2.45) is 0 Å². The molecule has 1 N–H and O–H groups in total. The molecule has 1 amide bonds. The molecule has 2 heterocycles. The number of amides is 1. The summed E-state index contributed by atoms with van der Waals surface area (Å²) in [5, 5.41) is 8.16. The maximum absolute atomic E-state index is 12.1. The van der Waals surface area contributed by atoms with E-state index in [1.54, 1.807) is 6.20 Å². The van der Waals surface area contributed by atoms with Crippen LogP contribution in [0.4, 0.5) is 5.69 Å². The fourth-order valence-electron chi connectivity index (χ4n) is 2.11. The summed E-state index contributed by atoms with van der Waals surface area (Å²) in [6.45, 7) is 4.64. The molecule has 0 aliphatic rings. The van der Waals surface area contributed by atoms with Crippen LogP contribution in [0.15, 0.2) is 36.8 Å². The monoisotopic (exact) mass is 281 g/mol. The minimum atomic E-state index is -0.274. The molecular formula is C15H15N5O. The van der Waals surface area contributed by atoms with E-state index in [2.05, 4.69) is 20.4 Å². The van der Waals surface area contributed by atoms with Gasteiger partial charge in [0.2, 0.25) is 0 Å². The van der Waals surface area contributed by atoms with Crippen LogP contribution in [-0.4, -0.2) is 25.7 Å². The summed E-state index contributed by atoms with van der Waals surface area (Å²) in [4.78, 5) is 20.3. The first-order valence-electron chi connectivity index (χ1n) is 6.73. The van der Waals surface area contributed by atoms with Crippen LogP contribution in [0.2, 0.25) is 0 Å². The SMILES string of the molecule is CCn1ncc2ccc(NC(=O)c3cnc(C)cn3)cc21. The van der Waals surface area contributed by atoms with Crippen LogP contribution in [0.25, 0.3) is 10.9 Å². The fraction of sp³-hybridized carbons (Fsp3) is 0.200. The summed E-state index contributed by atoms with van der Waals surface area (Å²) in [7, 11) is 0. The van der Waals surface area contributed by atoms with Gasteiger partial charge in [0, 0.05) is 23.8 Å². The lowest BCUT2D eigenvalue weighted by molar-refractivity contribution is 0.102. The van der Waals surface area contributed by atoms with E-state index in [1.807, 2.05) is 42.9 Å². The molecule has 0 fully saturated rings. The third-order valence-electron chi connectivity index (χ3n) is 3.22. The van der Waals surface area contributed by atoms with E-state index < -0.39 is 0 Å². The van der Waals surface area contributed by atoms with Crippen molar-refractivity contribution in [2.45, 2.75) is 20.4 Å². The number of aryl methyl sites for hydroxylation is 2. The van der Waals surface area contributed by atoms with E-state index in [9.17, 15) is 4.79 Å². The van der Waals surface area contributed by atoms with Gasteiger partial charge in [-0.25, -0.2) is 4.98 Å². The Labute approximate surface area is 121 Å². The van der Waals surface area contributed by atoms with Crippen LogP contribution in [0.1, 0.15) is 23.1 Å². The molecule has 3 aromatic rings. The number of rotatable bonds is 3. The second-order valence-electron chi connectivity index (χ2n) is 4.73. The molecule has 6 nitrogen and oxygen atoms in total. The Morgan fingerprint density at radius 2 is 2.10 bits per heavy atom. The lowest BCUT2D eigenvalue weighted by atomic mass is 10.2. The Balaban J connectivity index is 1.87. The maximum Gasteiger partial charge on any atom is 0.275 e. The Morgan fingerprint density at radius 1 is 1.24 bits per heavy atom. The zero-order valence-electron chi connectivity index (χ0n) is 11.9. The standard InChI is InChI=1S/C15H15N5O/c1-3-20-14-6-12(5-4-11(14)8-18-20)19-15(21)13-9-16-10(2)7-17-13/h4-9H,3H2,1-2H3,(H,19,21). The van der Waals surface area contributed by atoms with Crippen LogP contribution < -0.4 is 5.32 Å². The molecule has 0 aliphatic carbocycles. The van der Waals surface area contributed by atoms with E-state index in [-0.39, 0.29) is 5.91 Å². The number of hydrogen-bond donors (Lipinski definition) is 1. The van der Waals surface area contributed by atoms with Gasteiger partial charge in [-0.15, -0.1) is 0 Å². The highest BCUT2D eigenvalue weighted by molar-refractivity contribution is 6.03. The minimum Gasteiger partial charge on any atom is -0.321 e. The summed E-state index contributed by atoms with van der Waals surface area (Å²) in [6, 6.07) is 5.69. The maximum atomic E-state index is 12.1. The Kier molecular flexibility index (Phi) is 3.35. The van der Waals surface area contributed by atoms with Crippen molar-refractivity contribution in [2.75, 3.05) is 5.32 Å². The van der Waals surface area contributed by atoms with E-state index in [4.69, 9.17) is 0 Å². The first kappa shape index (κ1) is 13.2. The van der Waals surface area contributed by atoms with Crippen molar-refractivity contribution in [1.82, 2.24) is 19.7 Å². The summed E-state index contributed by atoms with van der Waals surface area (Å²) in [5.74, 6) is -0.274. The predicted molar refractivity (Wildman–Crippen MR) is 80.1 cm³/mol. The zero-order valence-corrected chi connectivity index (χ0v) is 11.9. The number of anilines is 1. The molecule has 106 valence electrons. The van der Waals surface area contributed by atoms with Gasteiger partial charge in [0.15, 0.2) is 0 Å². The Morgan fingerprint density at radius 3 is 2.81 bits per heavy atom. The van der Waals surface area contributed by atoms with Gasteiger partial charge in [0.05, 0.1) is 23.6 Å². The molecule has 0 saturated carbocycles. The lowest BCUT2D eigenvalue weighted by Crippen LogP contribution is -2.14. The topological polar surface area (TPSA) is 72.7 Å². The summed E-state index contributed by atoms with van der Waals surface area (Å²) < 4.78 is 1.89. The Bertz CT molecular complexity index is 791. The third kappa shape index (κ3) is 2.60. The summed E-state index contributed by atoms with van der Waals surface area (Å²) in [5.41, 5.74) is 2.78. The third-order valence-corrected chi connectivity index (χ3v) is 3.22. The highest BCUT2D eigenvalue weighted by atomic mass is 16.1. The molecule has 2 aromatic heterocycles. The Hall–Kier alpha value is -2.76. The number of aromatic nitrogens is 4. The lowest BCUT2D eigenvalue weighted by Gasteiger charge is -2.06. The van der Waals surface area contributed by atoms with E-state index in [0.29, 0.717) is 11.4 Å². The number of fused-ring (bicyclic) bond motifs is 1. The van der Waals surface area contributed by atoms with Crippen molar-refractivity contribution in [3.8, 4) is 0 Å². The molecule has 0 radical (unpaired) electrons. The van der Waals surface area contributed by atoms with Crippen molar-refractivity contribution in [3.63, 3.8) is 0 Å². The van der Waals surface area contributed by atoms with Gasteiger partial charge in [-0.05, 0) is 32.0 Å².